The molecule has 2 aromatic carbocycles. The maximum absolute atomic E-state index is 13.5. The van der Waals surface area contributed by atoms with Gasteiger partial charge in [-0.15, -0.1) is 0 Å². The highest BCUT2D eigenvalue weighted by Crippen LogP contribution is 2.28. The smallest absolute Gasteiger partial charge is 0.243 e. The Balaban J connectivity index is 1.86. The number of halogens is 1. The molecule has 29 heavy (non-hydrogen) atoms. The molecule has 0 spiro atoms. The summed E-state index contributed by atoms with van der Waals surface area (Å²) in [6.45, 7) is 3.36. The minimum absolute atomic E-state index is 0.184. The fourth-order valence-corrected chi connectivity index (χ4v) is 5.33. The van der Waals surface area contributed by atoms with E-state index in [0.717, 1.165) is 37.7 Å². The Morgan fingerprint density at radius 3 is 2.38 bits per heavy atom. The van der Waals surface area contributed by atoms with Crippen molar-refractivity contribution in [3.05, 3.63) is 59.4 Å². The minimum atomic E-state index is -3.82. The fraction of sp³-hybridized carbons (Fsp3) is 0.409. The Hall–Kier alpha value is -2.25. The number of amides is 1. The number of carbonyl (C=O) groups excluding carboxylic acids is 1. The minimum Gasteiger partial charge on any atom is -0.325 e. The van der Waals surface area contributed by atoms with Gasteiger partial charge in [-0.2, -0.15) is 4.31 Å². The first kappa shape index (κ1) is 21.5. The van der Waals surface area contributed by atoms with E-state index in [2.05, 4.69) is 5.32 Å². The van der Waals surface area contributed by atoms with Gasteiger partial charge in [-0.3, -0.25) is 4.79 Å². The molecule has 0 aromatic heterocycles. The Morgan fingerprint density at radius 1 is 1.07 bits per heavy atom. The lowest BCUT2D eigenvalue weighted by atomic mass is 9.95. The summed E-state index contributed by atoms with van der Waals surface area (Å²) in [5, 5.41) is 2.67. The van der Waals surface area contributed by atoms with E-state index in [9.17, 15) is 17.6 Å². The lowest BCUT2D eigenvalue weighted by Crippen LogP contribution is -2.45. The predicted molar refractivity (Wildman–Crippen MR) is 112 cm³/mol. The Morgan fingerprint density at radius 2 is 1.72 bits per heavy atom. The van der Waals surface area contributed by atoms with E-state index in [1.807, 2.05) is 6.92 Å². The standard InChI is InChI=1S/C22H27FN2O3S/c1-16-8-12-20(13-9-16)29(27,28)25(19-6-4-3-5-7-19)15-22(26)24-21-14-18(23)11-10-17(21)2/h8-14,19H,3-7,15H2,1-2H3,(H,24,26). The number of sulfonamides is 1. The highest BCUT2D eigenvalue weighted by molar-refractivity contribution is 7.89. The molecule has 5 nitrogen and oxygen atoms in total. The second kappa shape index (κ2) is 9.05. The van der Waals surface area contributed by atoms with Crippen molar-refractivity contribution >= 4 is 21.6 Å². The van der Waals surface area contributed by atoms with Crippen molar-refractivity contribution in [2.45, 2.75) is 56.9 Å². The van der Waals surface area contributed by atoms with Crippen LogP contribution in [0.15, 0.2) is 47.4 Å². The number of hydrogen-bond donors (Lipinski definition) is 1. The molecule has 0 aliphatic heterocycles. The van der Waals surface area contributed by atoms with E-state index in [1.165, 1.54) is 16.4 Å². The first-order chi connectivity index (χ1) is 13.8. The van der Waals surface area contributed by atoms with Gasteiger partial charge in [0.2, 0.25) is 15.9 Å². The van der Waals surface area contributed by atoms with Crippen LogP contribution in [0.25, 0.3) is 0 Å². The number of nitrogens with one attached hydrogen (secondary N) is 1. The van der Waals surface area contributed by atoms with Gasteiger partial charge in [0, 0.05) is 11.7 Å². The van der Waals surface area contributed by atoms with Gasteiger partial charge in [-0.1, -0.05) is 43.0 Å². The van der Waals surface area contributed by atoms with Crippen LogP contribution in [0.3, 0.4) is 0 Å². The van der Waals surface area contributed by atoms with E-state index in [1.54, 1.807) is 37.3 Å². The van der Waals surface area contributed by atoms with Gasteiger partial charge in [0.15, 0.2) is 0 Å². The zero-order valence-corrected chi connectivity index (χ0v) is 17.6. The van der Waals surface area contributed by atoms with Crippen LogP contribution in [0.5, 0.6) is 0 Å². The van der Waals surface area contributed by atoms with Crippen LogP contribution in [0, 0.1) is 19.7 Å². The molecule has 0 atom stereocenters. The van der Waals surface area contributed by atoms with E-state index in [4.69, 9.17) is 0 Å². The average Bonchev–Trinajstić information content (AvgIpc) is 2.70. The highest BCUT2D eigenvalue weighted by Gasteiger charge is 2.34. The quantitative estimate of drug-likeness (QED) is 0.756. The van der Waals surface area contributed by atoms with Crippen molar-refractivity contribution in [1.82, 2.24) is 4.31 Å². The maximum atomic E-state index is 13.5. The molecule has 1 saturated carbocycles. The van der Waals surface area contributed by atoms with Gasteiger partial charge in [-0.05, 0) is 56.5 Å². The number of nitrogens with zero attached hydrogens (tertiary/aromatic N) is 1. The van der Waals surface area contributed by atoms with Crippen molar-refractivity contribution in [2.75, 3.05) is 11.9 Å². The molecule has 1 aliphatic rings. The Bertz CT molecular complexity index is 968. The van der Waals surface area contributed by atoms with E-state index in [-0.39, 0.29) is 17.5 Å². The van der Waals surface area contributed by atoms with E-state index >= 15 is 0 Å². The van der Waals surface area contributed by atoms with Gasteiger partial charge < -0.3 is 5.32 Å². The fourth-order valence-electron chi connectivity index (χ4n) is 3.69. The molecular formula is C22H27FN2O3S. The molecule has 2 aromatic rings. The molecule has 1 N–H and O–H groups in total. The predicted octanol–water partition coefficient (Wildman–Crippen LogP) is 4.40. The Labute approximate surface area is 172 Å². The number of rotatable bonds is 6. The zero-order chi connectivity index (χ0) is 21.0. The van der Waals surface area contributed by atoms with Crippen molar-refractivity contribution in [3.63, 3.8) is 0 Å². The summed E-state index contributed by atoms with van der Waals surface area (Å²) in [4.78, 5) is 12.9. The molecule has 156 valence electrons. The molecule has 1 aliphatic carbocycles. The van der Waals surface area contributed by atoms with E-state index in [0.29, 0.717) is 11.3 Å². The van der Waals surface area contributed by atoms with Crippen molar-refractivity contribution in [3.8, 4) is 0 Å². The van der Waals surface area contributed by atoms with Crippen LogP contribution in [-0.4, -0.2) is 31.2 Å². The van der Waals surface area contributed by atoms with E-state index < -0.39 is 21.7 Å². The third-order valence-electron chi connectivity index (χ3n) is 5.38. The summed E-state index contributed by atoms with van der Waals surface area (Å²) in [5.74, 6) is -0.928. The second-order valence-corrected chi connectivity index (χ2v) is 9.55. The largest absolute Gasteiger partial charge is 0.325 e. The van der Waals surface area contributed by atoms with Crippen LogP contribution in [0.2, 0.25) is 0 Å². The van der Waals surface area contributed by atoms with Crippen LogP contribution in [0.4, 0.5) is 10.1 Å². The summed E-state index contributed by atoms with van der Waals surface area (Å²) in [7, 11) is -3.82. The molecule has 0 saturated heterocycles. The molecule has 0 bridgehead atoms. The topological polar surface area (TPSA) is 66.5 Å². The van der Waals surface area contributed by atoms with Crippen molar-refractivity contribution in [2.24, 2.45) is 0 Å². The van der Waals surface area contributed by atoms with Gasteiger partial charge in [-0.25, -0.2) is 12.8 Å². The number of hydrogen-bond acceptors (Lipinski definition) is 3. The van der Waals surface area contributed by atoms with Crippen molar-refractivity contribution < 1.29 is 17.6 Å². The van der Waals surface area contributed by atoms with Crippen LogP contribution < -0.4 is 5.32 Å². The maximum Gasteiger partial charge on any atom is 0.243 e. The van der Waals surface area contributed by atoms with Crippen molar-refractivity contribution in [1.29, 1.82) is 0 Å². The lowest BCUT2D eigenvalue weighted by molar-refractivity contribution is -0.116. The molecule has 1 fully saturated rings. The molecule has 0 radical (unpaired) electrons. The third kappa shape index (κ3) is 5.22. The van der Waals surface area contributed by atoms with Gasteiger partial charge in [0.25, 0.3) is 0 Å². The van der Waals surface area contributed by atoms with Crippen LogP contribution in [-0.2, 0) is 14.8 Å². The highest BCUT2D eigenvalue weighted by atomic mass is 32.2. The normalized spacial score (nSPS) is 15.4. The summed E-state index contributed by atoms with van der Waals surface area (Å²) < 4.78 is 41.5. The second-order valence-electron chi connectivity index (χ2n) is 7.66. The van der Waals surface area contributed by atoms with Crippen LogP contribution in [0.1, 0.15) is 43.2 Å². The first-order valence-electron chi connectivity index (χ1n) is 9.92. The summed E-state index contributed by atoms with van der Waals surface area (Å²) in [6, 6.07) is 10.6. The zero-order valence-electron chi connectivity index (χ0n) is 16.8. The first-order valence-corrected chi connectivity index (χ1v) is 11.4. The number of anilines is 1. The lowest BCUT2D eigenvalue weighted by Gasteiger charge is -2.33. The molecule has 0 unspecified atom stereocenters. The third-order valence-corrected chi connectivity index (χ3v) is 7.30. The monoisotopic (exact) mass is 418 g/mol. The molecular weight excluding hydrogens is 391 g/mol. The summed E-state index contributed by atoms with van der Waals surface area (Å²) in [5.41, 5.74) is 2.03. The summed E-state index contributed by atoms with van der Waals surface area (Å²) in [6.07, 6.45) is 4.42. The molecule has 7 heteroatoms. The number of benzene rings is 2. The molecule has 1 amide bonds. The Kier molecular flexibility index (Phi) is 6.70. The summed E-state index contributed by atoms with van der Waals surface area (Å²) >= 11 is 0. The van der Waals surface area contributed by atoms with Gasteiger partial charge in [0.05, 0.1) is 11.4 Å². The molecule has 3 rings (SSSR count). The number of carbonyl (C=O) groups is 1. The van der Waals surface area contributed by atoms with Crippen LogP contribution >= 0.6 is 0 Å². The van der Waals surface area contributed by atoms with Gasteiger partial charge in [0.1, 0.15) is 5.82 Å². The van der Waals surface area contributed by atoms with Gasteiger partial charge >= 0.3 is 0 Å². The SMILES string of the molecule is Cc1ccc(S(=O)(=O)N(CC(=O)Nc2cc(F)ccc2C)C2CCCCC2)cc1. The molecule has 0 heterocycles. The number of aryl methyl sites for hydroxylation is 2. The average molecular weight is 419 g/mol.